The maximum absolute atomic E-state index is 12.4. The third-order valence-electron chi connectivity index (χ3n) is 3.69. The molecule has 24 heavy (non-hydrogen) atoms. The Hall–Kier alpha value is -2.48. The van der Waals surface area contributed by atoms with Crippen LogP contribution in [0.4, 0.5) is 17.5 Å². The van der Waals surface area contributed by atoms with Crippen molar-refractivity contribution in [3.8, 4) is 5.75 Å². The second-order valence-corrected chi connectivity index (χ2v) is 6.48. The lowest BCUT2D eigenvalue weighted by atomic mass is 10.2. The molecule has 8 heteroatoms. The molecule has 0 unspecified atom stereocenters. The molecule has 1 aliphatic rings. The number of nitrogens with one attached hydrogen (secondary N) is 1. The molecule has 0 aliphatic carbocycles. The Morgan fingerprint density at radius 2 is 2.00 bits per heavy atom. The lowest BCUT2D eigenvalue weighted by Gasteiger charge is -2.26. The van der Waals surface area contributed by atoms with Crippen LogP contribution < -0.4 is 20.7 Å². The Kier molecular flexibility index (Phi) is 5.05. The number of rotatable bonds is 4. The van der Waals surface area contributed by atoms with Crippen LogP contribution in [0.1, 0.15) is 10.4 Å². The van der Waals surface area contributed by atoms with E-state index < -0.39 is 0 Å². The van der Waals surface area contributed by atoms with Gasteiger partial charge in [-0.3, -0.25) is 4.79 Å². The summed E-state index contributed by atoms with van der Waals surface area (Å²) < 4.78 is 5.09. The van der Waals surface area contributed by atoms with E-state index in [4.69, 9.17) is 10.5 Å². The molecule has 2 heterocycles. The van der Waals surface area contributed by atoms with Gasteiger partial charge in [-0.2, -0.15) is 16.7 Å². The number of carbonyl (C=O) groups is 1. The Morgan fingerprint density at radius 1 is 1.29 bits per heavy atom. The molecule has 1 amide bonds. The zero-order valence-corrected chi connectivity index (χ0v) is 14.2. The minimum Gasteiger partial charge on any atom is -0.497 e. The molecule has 0 bridgehead atoms. The number of aromatic nitrogens is 2. The quantitative estimate of drug-likeness (QED) is 0.874. The van der Waals surface area contributed by atoms with Crippen molar-refractivity contribution in [1.29, 1.82) is 0 Å². The van der Waals surface area contributed by atoms with Crippen molar-refractivity contribution < 1.29 is 9.53 Å². The number of benzene rings is 1. The van der Waals surface area contributed by atoms with Crippen LogP contribution in [0.3, 0.4) is 0 Å². The Bertz CT molecular complexity index is 717. The molecule has 0 saturated carbocycles. The third-order valence-corrected chi connectivity index (χ3v) is 4.63. The summed E-state index contributed by atoms with van der Waals surface area (Å²) in [7, 11) is 1.59. The lowest BCUT2D eigenvalue weighted by Crippen LogP contribution is -2.34. The van der Waals surface area contributed by atoms with Crippen molar-refractivity contribution in [2.45, 2.75) is 0 Å². The monoisotopic (exact) mass is 345 g/mol. The highest BCUT2D eigenvalue weighted by Gasteiger charge is 2.17. The second kappa shape index (κ2) is 7.39. The van der Waals surface area contributed by atoms with Crippen LogP contribution in [0, 0.1) is 0 Å². The molecule has 0 radical (unpaired) electrons. The van der Waals surface area contributed by atoms with Crippen molar-refractivity contribution in [2.24, 2.45) is 0 Å². The first-order valence-electron chi connectivity index (χ1n) is 7.58. The van der Waals surface area contributed by atoms with E-state index in [2.05, 4.69) is 20.2 Å². The lowest BCUT2D eigenvalue weighted by molar-refractivity contribution is 0.102. The molecular weight excluding hydrogens is 326 g/mol. The van der Waals surface area contributed by atoms with Gasteiger partial charge in [-0.1, -0.05) is 0 Å². The Labute approximate surface area is 144 Å². The Balaban J connectivity index is 1.72. The molecule has 1 fully saturated rings. The van der Waals surface area contributed by atoms with Crippen molar-refractivity contribution in [3.63, 3.8) is 0 Å². The molecule has 3 N–H and O–H groups in total. The van der Waals surface area contributed by atoms with Crippen molar-refractivity contribution >= 4 is 35.1 Å². The molecule has 7 nitrogen and oxygen atoms in total. The van der Waals surface area contributed by atoms with Crippen molar-refractivity contribution in [2.75, 3.05) is 47.7 Å². The van der Waals surface area contributed by atoms with E-state index in [1.807, 2.05) is 11.8 Å². The van der Waals surface area contributed by atoms with Crippen LogP contribution >= 0.6 is 11.8 Å². The number of nitrogens with zero attached hydrogens (tertiary/aromatic N) is 3. The third kappa shape index (κ3) is 3.70. The number of nitrogens with two attached hydrogens (primary N) is 1. The summed E-state index contributed by atoms with van der Waals surface area (Å²) >= 11 is 1.91. The van der Waals surface area contributed by atoms with Gasteiger partial charge in [-0.15, -0.1) is 0 Å². The van der Waals surface area contributed by atoms with E-state index in [0.717, 1.165) is 30.3 Å². The maximum Gasteiger partial charge on any atom is 0.260 e. The number of carbonyl (C=O) groups excluding carboxylic acids is 1. The van der Waals surface area contributed by atoms with Gasteiger partial charge in [0.2, 0.25) is 5.95 Å². The molecule has 3 rings (SSSR count). The largest absolute Gasteiger partial charge is 0.497 e. The standard InChI is InChI=1S/C16H19N5O2S/c1-23-12-4-2-11(3-5-12)19-15(22)13-10-18-16(20-14(13)17)21-6-8-24-9-7-21/h2-5,10H,6-9H2,1H3,(H,19,22)(H2,17,18,20). The van der Waals surface area contributed by atoms with Gasteiger partial charge in [0.15, 0.2) is 0 Å². The fraction of sp³-hybridized carbons (Fsp3) is 0.312. The SMILES string of the molecule is COc1ccc(NC(=O)c2cnc(N3CCSCC3)nc2N)cc1. The van der Waals surface area contributed by atoms with Crippen molar-refractivity contribution in [1.82, 2.24) is 9.97 Å². The first-order valence-corrected chi connectivity index (χ1v) is 8.73. The van der Waals surface area contributed by atoms with Gasteiger partial charge in [-0.05, 0) is 24.3 Å². The van der Waals surface area contributed by atoms with Crippen LogP contribution in [0.15, 0.2) is 30.5 Å². The summed E-state index contributed by atoms with van der Waals surface area (Å²) in [5.74, 6) is 3.24. The summed E-state index contributed by atoms with van der Waals surface area (Å²) in [6.45, 7) is 1.78. The number of amides is 1. The number of nitrogen functional groups attached to an aromatic ring is 1. The fourth-order valence-corrected chi connectivity index (χ4v) is 3.25. The molecule has 2 aromatic rings. The van der Waals surface area contributed by atoms with E-state index in [9.17, 15) is 4.79 Å². The average molecular weight is 345 g/mol. The molecule has 1 aromatic carbocycles. The molecule has 1 saturated heterocycles. The van der Waals surface area contributed by atoms with E-state index in [1.165, 1.54) is 6.20 Å². The number of methoxy groups -OCH3 is 1. The van der Waals surface area contributed by atoms with Crippen molar-refractivity contribution in [3.05, 3.63) is 36.0 Å². The van der Waals surface area contributed by atoms with Gasteiger partial charge >= 0.3 is 0 Å². The van der Waals surface area contributed by atoms with Gasteiger partial charge in [0.25, 0.3) is 5.91 Å². The van der Waals surface area contributed by atoms with Crippen LogP contribution in [0.2, 0.25) is 0 Å². The van der Waals surface area contributed by atoms with Gasteiger partial charge in [0.05, 0.1) is 7.11 Å². The first-order chi connectivity index (χ1) is 11.7. The van der Waals surface area contributed by atoms with E-state index >= 15 is 0 Å². The number of hydrogen-bond acceptors (Lipinski definition) is 7. The normalized spacial score (nSPS) is 14.3. The smallest absolute Gasteiger partial charge is 0.260 e. The summed E-state index contributed by atoms with van der Waals surface area (Å²) in [5, 5.41) is 2.78. The zero-order chi connectivity index (χ0) is 16.9. The Morgan fingerprint density at radius 3 is 2.62 bits per heavy atom. The van der Waals surface area contributed by atoms with E-state index in [-0.39, 0.29) is 17.3 Å². The average Bonchev–Trinajstić information content (AvgIpc) is 2.63. The van der Waals surface area contributed by atoms with E-state index in [1.54, 1.807) is 31.4 Å². The predicted octanol–water partition coefficient (Wildman–Crippen LogP) is 1.87. The topological polar surface area (TPSA) is 93.4 Å². The fourth-order valence-electron chi connectivity index (χ4n) is 2.35. The number of ether oxygens (including phenoxy) is 1. The highest BCUT2D eigenvalue weighted by atomic mass is 32.2. The minimum atomic E-state index is -0.335. The van der Waals surface area contributed by atoms with Crippen LogP contribution in [-0.2, 0) is 0 Å². The maximum atomic E-state index is 12.4. The molecule has 1 aliphatic heterocycles. The zero-order valence-electron chi connectivity index (χ0n) is 13.4. The van der Waals surface area contributed by atoms with Gasteiger partial charge < -0.3 is 20.7 Å². The minimum absolute atomic E-state index is 0.184. The molecule has 126 valence electrons. The second-order valence-electron chi connectivity index (χ2n) is 5.25. The van der Waals surface area contributed by atoms with Gasteiger partial charge in [-0.25, -0.2) is 4.98 Å². The highest BCUT2D eigenvalue weighted by molar-refractivity contribution is 7.99. The van der Waals surface area contributed by atoms with Crippen LogP contribution in [0.25, 0.3) is 0 Å². The van der Waals surface area contributed by atoms with Crippen LogP contribution in [-0.4, -0.2) is 47.6 Å². The predicted molar refractivity (Wildman–Crippen MR) is 96.9 cm³/mol. The molecule has 1 aromatic heterocycles. The molecule has 0 spiro atoms. The highest BCUT2D eigenvalue weighted by Crippen LogP contribution is 2.20. The summed E-state index contributed by atoms with van der Waals surface area (Å²) in [5.41, 5.74) is 6.88. The number of thioether (sulfide) groups is 1. The summed E-state index contributed by atoms with van der Waals surface area (Å²) in [6, 6.07) is 7.06. The van der Waals surface area contributed by atoms with Crippen LogP contribution in [0.5, 0.6) is 5.75 Å². The molecular formula is C16H19N5O2S. The van der Waals surface area contributed by atoms with Gasteiger partial charge in [0, 0.05) is 36.5 Å². The number of hydrogen-bond donors (Lipinski definition) is 2. The van der Waals surface area contributed by atoms with E-state index in [0.29, 0.717) is 11.6 Å². The molecule has 0 atom stereocenters. The summed E-state index contributed by atoms with van der Waals surface area (Å²) in [4.78, 5) is 23.0. The van der Waals surface area contributed by atoms with Gasteiger partial charge in [0.1, 0.15) is 17.1 Å². The number of anilines is 3. The summed E-state index contributed by atoms with van der Waals surface area (Å²) in [6.07, 6.45) is 1.48. The first kappa shape index (κ1) is 16.4.